The summed E-state index contributed by atoms with van der Waals surface area (Å²) in [6.45, 7) is 5.54. The zero-order valence-electron chi connectivity index (χ0n) is 14.8. The van der Waals surface area contributed by atoms with Crippen LogP contribution in [0.25, 0.3) is 0 Å². The lowest BCUT2D eigenvalue weighted by Gasteiger charge is -2.25. The largest absolute Gasteiger partial charge is 0.486 e. The van der Waals surface area contributed by atoms with Gasteiger partial charge < -0.3 is 9.47 Å². The number of sulfonamides is 1. The van der Waals surface area contributed by atoms with Crippen molar-refractivity contribution in [3.63, 3.8) is 0 Å². The van der Waals surface area contributed by atoms with Crippen molar-refractivity contribution in [2.24, 2.45) is 0 Å². The van der Waals surface area contributed by atoms with E-state index in [9.17, 15) is 8.42 Å². The second-order valence-corrected chi connectivity index (χ2v) is 8.48. The van der Waals surface area contributed by atoms with Crippen LogP contribution in [0.15, 0.2) is 23.1 Å². The van der Waals surface area contributed by atoms with Gasteiger partial charge in [-0.15, -0.1) is 0 Å². The van der Waals surface area contributed by atoms with Gasteiger partial charge in [-0.25, -0.2) is 22.8 Å². The number of fused-ring (bicyclic) bond motifs is 2. The van der Waals surface area contributed by atoms with E-state index >= 15 is 0 Å². The number of hydrogen-bond acceptors (Lipinski definition) is 6. The minimum absolute atomic E-state index is 0.0930. The molecule has 0 aliphatic carbocycles. The molecule has 1 atom stereocenters. The van der Waals surface area contributed by atoms with E-state index in [-0.39, 0.29) is 16.6 Å². The average molecular weight is 378 g/mol. The number of hydrogen-bond donors (Lipinski definition) is 1. The maximum absolute atomic E-state index is 13.0. The smallest absolute Gasteiger partial charge is 0.245 e. The molecule has 140 valence electrons. The normalized spacial score (nSPS) is 19.4. The first kappa shape index (κ1) is 17.3. The van der Waals surface area contributed by atoms with Crippen molar-refractivity contribution in [1.82, 2.24) is 19.5 Å². The van der Waals surface area contributed by atoms with E-state index in [1.165, 1.54) is 6.07 Å². The zero-order valence-corrected chi connectivity index (χ0v) is 15.6. The number of nitrogens with zero attached hydrogens (tertiary/aromatic N) is 3. The second-order valence-electron chi connectivity index (χ2n) is 6.80. The third kappa shape index (κ3) is 3.05. The van der Waals surface area contributed by atoms with Crippen molar-refractivity contribution >= 4 is 10.0 Å². The van der Waals surface area contributed by atoms with Crippen molar-refractivity contribution in [1.29, 1.82) is 0 Å². The first-order valence-electron chi connectivity index (χ1n) is 8.81. The van der Waals surface area contributed by atoms with Crippen LogP contribution in [0.2, 0.25) is 0 Å². The lowest BCUT2D eigenvalue weighted by molar-refractivity contribution is 0.167. The van der Waals surface area contributed by atoms with Crippen LogP contribution in [-0.4, -0.2) is 36.4 Å². The molecular weight excluding hydrogens is 356 g/mol. The Morgan fingerprint density at radius 2 is 2.08 bits per heavy atom. The summed E-state index contributed by atoms with van der Waals surface area (Å²) >= 11 is 0. The van der Waals surface area contributed by atoms with Gasteiger partial charge in [0.05, 0.1) is 6.04 Å². The van der Waals surface area contributed by atoms with Gasteiger partial charge in [-0.3, -0.25) is 0 Å². The molecule has 2 aromatic rings. The second kappa shape index (κ2) is 6.55. The summed E-state index contributed by atoms with van der Waals surface area (Å²) in [5.41, 5.74) is 0. The van der Waals surface area contributed by atoms with Crippen LogP contribution < -0.4 is 14.2 Å². The van der Waals surface area contributed by atoms with E-state index in [4.69, 9.17) is 9.47 Å². The molecule has 1 N–H and O–H groups in total. The monoisotopic (exact) mass is 378 g/mol. The fraction of sp³-hybridized carbons (Fsp3) is 0.529. The first-order chi connectivity index (χ1) is 12.5. The molecule has 0 spiro atoms. The SMILES string of the molecule is CC(C)c1nc2n(n1)CCC[C@H]2NS(=O)(=O)c1cccc2c1OCCO2. The number of ether oxygens (including phenoxy) is 2. The van der Waals surface area contributed by atoms with E-state index in [1.807, 2.05) is 18.5 Å². The van der Waals surface area contributed by atoms with Gasteiger partial charge in [0, 0.05) is 12.5 Å². The molecule has 0 bridgehead atoms. The first-order valence-corrected chi connectivity index (χ1v) is 10.3. The molecule has 0 fully saturated rings. The lowest BCUT2D eigenvalue weighted by atomic mass is 10.1. The minimum Gasteiger partial charge on any atom is -0.486 e. The van der Waals surface area contributed by atoms with Gasteiger partial charge in [-0.1, -0.05) is 19.9 Å². The summed E-state index contributed by atoms with van der Waals surface area (Å²) in [7, 11) is -3.79. The Labute approximate surface area is 152 Å². The maximum atomic E-state index is 13.0. The van der Waals surface area contributed by atoms with Crippen LogP contribution >= 0.6 is 0 Å². The molecule has 26 heavy (non-hydrogen) atoms. The van der Waals surface area contributed by atoms with Crippen molar-refractivity contribution in [2.45, 2.75) is 50.1 Å². The van der Waals surface area contributed by atoms with Crippen LogP contribution in [0.3, 0.4) is 0 Å². The molecule has 1 aromatic carbocycles. The van der Waals surface area contributed by atoms with Crippen LogP contribution in [0, 0.1) is 0 Å². The van der Waals surface area contributed by atoms with Gasteiger partial charge in [-0.05, 0) is 25.0 Å². The molecule has 9 heteroatoms. The molecule has 3 heterocycles. The van der Waals surface area contributed by atoms with Crippen molar-refractivity contribution < 1.29 is 17.9 Å². The number of aryl methyl sites for hydroxylation is 1. The highest BCUT2D eigenvalue weighted by Crippen LogP contribution is 2.37. The fourth-order valence-electron chi connectivity index (χ4n) is 3.23. The van der Waals surface area contributed by atoms with E-state index in [0.717, 1.165) is 18.8 Å². The molecule has 0 unspecified atom stereocenters. The summed E-state index contributed by atoms with van der Waals surface area (Å²) in [6.07, 6.45) is 1.52. The van der Waals surface area contributed by atoms with E-state index < -0.39 is 16.1 Å². The number of nitrogens with one attached hydrogen (secondary N) is 1. The Morgan fingerprint density at radius 3 is 2.88 bits per heavy atom. The Hall–Kier alpha value is -2.13. The molecule has 0 amide bonds. The topological polar surface area (TPSA) is 95.3 Å². The van der Waals surface area contributed by atoms with E-state index in [1.54, 1.807) is 12.1 Å². The molecule has 0 saturated carbocycles. The molecule has 2 aliphatic rings. The Kier molecular flexibility index (Phi) is 4.36. The third-order valence-corrected chi connectivity index (χ3v) is 6.02. The van der Waals surface area contributed by atoms with Gasteiger partial charge in [0.25, 0.3) is 0 Å². The highest BCUT2D eigenvalue weighted by Gasteiger charge is 2.32. The van der Waals surface area contributed by atoms with Crippen LogP contribution in [0.1, 0.15) is 50.3 Å². The summed E-state index contributed by atoms with van der Waals surface area (Å²) in [5, 5.41) is 4.50. The Morgan fingerprint density at radius 1 is 1.27 bits per heavy atom. The predicted molar refractivity (Wildman–Crippen MR) is 93.8 cm³/mol. The van der Waals surface area contributed by atoms with Gasteiger partial charge in [0.2, 0.25) is 10.0 Å². The van der Waals surface area contributed by atoms with E-state index in [2.05, 4.69) is 14.8 Å². The molecule has 0 saturated heterocycles. The number of rotatable bonds is 4. The summed E-state index contributed by atoms with van der Waals surface area (Å²) in [6, 6.07) is 4.49. The van der Waals surface area contributed by atoms with Crippen LogP contribution in [-0.2, 0) is 16.6 Å². The third-order valence-electron chi connectivity index (χ3n) is 4.52. The van der Waals surface area contributed by atoms with Crippen molar-refractivity contribution in [3.8, 4) is 11.5 Å². The average Bonchev–Trinajstić information content (AvgIpc) is 3.07. The van der Waals surface area contributed by atoms with E-state index in [0.29, 0.717) is 31.2 Å². The zero-order chi connectivity index (χ0) is 18.3. The summed E-state index contributed by atoms with van der Waals surface area (Å²) in [4.78, 5) is 4.66. The molecule has 0 radical (unpaired) electrons. The maximum Gasteiger partial charge on any atom is 0.245 e. The molecule has 2 aliphatic heterocycles. The Bertz CT molecular complexity index is 923. The Balaban J connectivity index is 1.66. The standard InChI is InChI=1S/C17H22N4O4S/c1-11(2)16-18-17-12(5-4-8-21(17)19-16)20-26(22,23)14-7-3-6-13-15(14)25-10-9-24-13/h3,6-7,11-12,20H,4-5,8-10H2,1-2H3/t12-/m1/s1. The highest BCUT2D eigenvalue weighted by molar-refractivity contribution is 7.89. The van der Waals surface area contributed by atoms with Gasteiger partial charge in [0.15, 0.2) is 17.3 Å². The predicted octanol–water partition coefficient (Wildman–Crippen LogP) is 1.99. The summed E-state index contributed by atoms with van der Waals surface area (Å²) in [5.74, 6) is 2.32. The number of benzene rings is 1. The number of para-hydroxylation sites is 1. The van der Waals surface area contributed by atoms with Gasteiger partial charge in [0.1, 0.15) is 23.9 Å². The quantitative estimate of drug-likeness (QED) is 0.874. The van der Waals surface area contributed by atoms with Crippen LogP contribution in [0.5, 0.6) is 11.5 Å². The van der Waals surface area contributed by atoms with Crippen LogP contribution in [0.4, 0.5) is 0 Å². The molecular formula is C17H22N4O4S. The lowest BCUT2D eigenvalue weighted by Crippen LogP contribution is -2.34. The van der Waals surface area contributed by atoms with Crippen molar-refractivity contribution in [2.75, 3.05) is 13.2 Å². The van der Waals surface area contributed by atoms with Gasteiger partial charge >= 0.3 is 0 Å². The molecule has 1 aromatic heterocycles. The van der Waals surface area contributed by atoms with Crippen molar-refractivity contribution in [3.05, 3.63) is 29.8 Å². The summed E-state index contributed by atoms with van der Waals surface area (Å²) < 4.78 is 41.7. The highest BCUT2D eigenvalue weighted by atomic mass is 32.2. The molecule has 4 rings (SSSR count). The minimum atomic E-state index is -3.79. The number of aromatic nitrogens is 3. The molecule has 8 nitrogen and oxygen atoms in total. The fourth-order valence-corrected chi connectivity index (χ4v) is 4.62. The van der Waals surface area contributed by atoms with Gasteiger partial charge in [-0.2, -0.15) is 5.10 Å².